The molecule has 1 aromatic carbocycles. The standard InChI is InChI=1S/C13H20N4/c1-3-4-8-11(15-14)13-10-7-5-6-9-12(10)17(2)16-13/h5-7,9,11,15H,3-4,8,14H2,1-2H3. The van der Waals surface area contributed by atoms with Crippen LogP contribution in [0.2, 0.25) is 0 Å². The van der Waals surface area contributed by atoms with E-state index in [9.17, 15) is 0 Å². The number of hydrogen-bond donors (Lipinski definition) is 2. The lowest BCUT2D eigenvalue weighted by Crippen LogP contribution is -2.28. The molecule has 17 heavy (non-hydrogen) atoms. The van der Waals surface area contributed by atoms with Crippen molar-refractivity contribution in [1.29, 1.82) is 0 Å². The third-order valence-corrected chi connectivity index (χ3v) is 3.16. The van der Waals surface area contributed by atoms with Crippen molar-refractivity contribution in [3.63, 3.8) is 0 Å². The van der Waals surface area contributed by atoms with Crippen LogP contribution in [0.25, 0.3) is 10.9 Å². The number of hydrazine groups is 1. The first-order valence-corrected chi connectivity index (χ1v) is 6.15. The van der Waals surface area contributed by atoms with Crippen LogP contribution in [-0.4, -0.2) is 9.78 Å². The SMILES string of the molecule is CCCCC(NN)c1nn(C)c2ccccc12. The van der Waals surface area contributed by atoms with Gasteiger partial charge in [0.2, 0.25) is 0 Å². The molecular weight excluding hydrogens is 212 g/mol. The number of aryl methyl sites for hydroxylation is 1. The van der Waals surface area contributed by atoms with Crippen molar-refractivity contribution in [1.82, 2.24) is 15.2 Å². The van der Waals surface area contributed by atoms with E-state index in [0.717, 1.165) is 24.1 Å². The Kier molecular flexibility index (Phi) is 3.76. The summed E-state index contributed by atoms with van der Waals surface area (Å²) < 4.78 is 1.92. The lowest BCUT2D eigenvalue weighted by atomic mass is 10.0. The molecule has 4 heteroatoms. The third-order valence-electron chi connectivity index (χ3n) is 3.16. The Labute approximate surface area is 102 Å². The Morgan fingerprint density at radius 3 is 2.88 bits per heavy atom. The van der Waals surface area contributed by atoms with Crippen molar-refractivity contribution < 1.29 is 0 Å². The molecule has 0 aliphatic carbocycles. The van der Waals surface area contributed by atoms with Crippen LogP contribution in [0.4, 0.5) is 0 Å². The minimum atomic E-state index is 0.140. The molecule has 2 rings (SSSR count). The van der Waals surface area contributed by atoms with Crippen molar-refractivity contribution in [2.45, 2.75) is 32.2 Å². The molecule has 0 saturated heterocycles. The van der Waals surface area contributed by atoms with Gasteiger partial charge < -0.3 is 0 Å². The van der Waals surface area contributed by atoms with Gasteiger partial charge in [0.25, 0.3) is 0 Å². The van der Waals surface area contributed by atoms with Gasteiger partial charge in [-0.15, -0.1) is 0 Å². The number of rotatable bonds is 5. The highest BCUT2D eigenvalue weighted by atomic mass is 15.3. The summed E-state index contributed by atoms with van der Waals surface area (Å²) in [5.74, 6) is 5.65. The molecule has 0 fully saturated rings. The lowest BCUT2D eigenvalue weighted by Gasteiger charge is -2.13. The van der Waals surface area contributed by atoms with Gasteiger partial charge in [0.15, 0.2) is 0 Å². The molecule has 0 spiro atoms. The molecule has 0 aliphatic heterocycles. The zero-order chi connectivity index (χ0) is 12.3. The number of nitrogens with one attached hydrogen (secondary N) is 1. The molecule has 0 radical (unpaired) electrons. The fraction of sp³-hybridized carbons (Fsp3) is 0.462. The molecule has 1 unspecified atom stereocenters. The second-order valence-electron chi connectivity index (χ2n) is 4.39. The maximum absolute atomic E-state index is 5.65. The second-order valence-corrected chi connectivity index (χ2v) is 4.39. The topological polar surface area (TPSA) is 55.9 Å². The summed E-state index contributed by atoms with van der Waals surface area (Å²) >= 11 is 0. The van der Waals surface area contributed by atoms with Gasteiger partial charge in [0, 0.05) is 12.4 Å². The summed E-state index contributed by atoms with van der Waals surface area (Å²) in [6.45, 7) is 2.18. The molecule has 1 heterocycles. The highest BCUT2D eigenvalue weighted by Crippen LogP contribution is 2.25. The van der Waals surface area contributed by atoms with Crippen LogP contribution >= 0.6 is 0 Å². The van der Waals surface area contributed by atoms with Crippen molar-refractivity contribution in [3.05, 3.63) is 30.0 Å². The normalized spacial score (nSPS) is 13.1. The second kappa shape index (κ2) is 5.29. The quantitative estimate of drug-likeness (QED) is 0.614. The third kappa shape index (κ3) is 2.33. The van der Waals surface area contributed by atoms with Gasteiger partial charge >= 0.3 is 0 Å². The van der Waals surface area contributed by atoms with Gasteiger partial charge in [-0.3, -0.25) is 16.0 Å². The molecule has 1 atom stereocenters. The Morgan fingerprint density at radius 2 is 2.18 bits per heavy atom. The van der Waals surface area contributed by atoms with E-state index in [1.807, 2.05) is 23.9 Å². The molecule has 0 aliphatic rings. The van der Waals surface area contributed by atoms with E-state index in [1.54, 1.807) is 0 Å². The summed E-state index contributed by atoms with van der Waals surface area (Å²) in [5, 5.41) is 5.78. The molecule has 1 aromatic heterocycles. The number of hydrogen-bond acceptors (Lipinski definition) is 3. The van der Waals surface area contributed by atoms with Crippen LogP contribution in [0.15, 0.2) is 24.3 Å². The van der Waals surface area contributed by atoms with Crippen molar-refractivity contribution in [2.24, 2.45) is 12.9 Å². The van der Waals surface area contributed by atoms with Crippen molar-refractivity contribution in [3.8, 4) is 0 Å². The van der Waals surface area contributed by atoms with Crippen LogP contribution in [0.1, 0.15) is 37.9 Å². The van der Waals surface area contributed by atoms with Gasteiger partial charge in [-0.05, 0) is 12.5 Å². The fourth-order valence-electron chi connectivity index (χ4n) is 2.21. The summed E-state index contributed by atoms with van der Waals surface area (Å²) in [6, 6.07) is 8.40. The first kappa shape index (κ1) is 12.1. The smallest absolute Gasteiger partial charge is 0.0886 e. The molecule has 0 amide bonds. The first-order valence-electron chi connectivity index (χ1n) is 6.15. The average molecular weight is 232 g/mol. The molecule has 2 aromatic rings. The molecule has 0 saturated carbocycles. The fourth-order valence-corrected chi connectivity index (χ4v) is 2.21. The van der Waals surface area contributed by atoms with Gasteiger partial charge in [-0.1, -0.05) is 38.0 Å². The van der Waals surface area contributed by atoms with E-state index >= 15 is 0 Å². The maximum Gasteiger partial charge on any atom is 0.0886 e. The first-order chi connectivity index (χ1) is 8.27. The predicted octanol–water partition coefficient (Wildman–Crippen LogP) is 2.27. The predicted molar refractivity (Wildman–Crippen MR) is 70.3 cm³/mol. The number of para-hydroxylation sites is 1. The zero-order valence-corrected chi connectivity index (χ0v) is 10.5. The Morgan fingerprint density at radius 1 is 1.41 bits per heavy atom. The van der Waals surface area contributed by atoms with Crippen molar-refractivity contribution in [2.75, 3.05) is 0 Å². The van der Waals surface area contributed by atoms with E-state index < -0.39 is 0 Å². The zero-order valence-electron chi connectivity index (χ0n) is 10.5. The maximum atomic E-state index is 5.65. The number of unbranched alkanes of at least 4 members (excludes halogenated alkanes) is 1. The van der Waals surface area contributed by atoms with Gasteiger partial charge in [0.05, 0.1) is 17.3 Å². The number of fused-ring (bicyclic) bond motifs is 1. The minimum Gasteiger partial charge on any atom is -0.271 e. The number of nitrogens with zero attached hydrogens (tertiary/aromatic N) is 2. The van der Waals surface area contributed by atoms with E-state index in [0.29, 0.717) is 0 Å². The number of aromatic nitrogens is 2. The molecule has 92 valence electrons. The van der Waals surface area contributed by atoms with Crippen LogP contribution < -0.4 is 11.3 Å². The number of nitrogens with two attached hydrogens (primary N) is 1. The van der Waals surface area contributed by atoms with Crippen molar-refractivity contribution >= 4 is 10.9 Å². The minimum absolute atomic E-state index is 0.140. The van der Waals surface area contributed by atoms with Gasteiger partial charge in [-0.25, -0.2) is 0 Å². The summed E-state index contributed by atoms with van der Waals surface area (Å²) in [4.78, 5) is 0. The van der Waals surface area contributed by atoms with E-state index in [-0.39, 0.29) is 6.04 Å². The Hall–Kier alpha value is -1.39. The number of benzene rings is 1. The highest BCUT2D eigenvalue weighted by molar-refractivity contribution is 5.82. The monoisotopic (exact) mass is 232 g/mol. The van der Waals surface area contributed by atoms with Crippen LogP contribution in [-0.2, 0) is 7.05 Å². The Balaban J connectivity index is 2.39. The summed E-state index contributed by atoms with van der Waals surface area (Å²) in [5.41, 5.74) is 5.09. The molecular formula is C13H20N4. The lowest BCUT2D eigenvalue weighted by molar-refractivity contribution is 0.482. The summed E-state index contributed by atoms with van der Waals surface area (Å²) in [7, 11) is 1.97. The highest BCUT2D eigenvalue weighted by Gasteiger charge is 2.16. The van der Waals surface area contributed by atoms with E-state index in [1.165, 1.54) is 11.8 Å². The Bertz CT molecular complexity index is 489. The van der Waals surface area contributed by atoms with Gasteiger partial charge in [-0.2, -0.15) is 5.10 Å². The van der Waals surface area contributed by atoms with E-state index in [2.05, 4.69) is 29.6 Å². The largest absolute Gasteiger partial charge is 0.271 e. The van der Waals surface area contributed by atoms with E-state index in [4.69, 9.17) is 5.84 Å². The summed E-state index contributed by atoms with van der Waals surface area (Å²) in [6.07, 6.45) is 3.34. The molecule has 4 nitrogen and oxygen atoms in total. The average Bonchev–Trinajstić information content (AvgIpc) is 2.69. The van der Waals surface area contributed by atoms with Crippen LogP contribution in [0.5, 0.6) is 0 Å². The van der Waals surface area contributed by atoms with Crippen LogP contribution in [0.3, 0.4) is 0 Å². The van der Waals surface area contributed by atoms with Crippen LogP contribution in [0, 0.1) is 0 Å². The molecule has 0 bridgehead atoms. The molecule has 3 N–H and O–H groups in total. The van der Waals surface area contributed by atoms with Gasteiger partial charge in [0.1, 0.15) is 0 Å².